The topological polar surface area (TPSA) is 46.6 Å². The highest BCUT2D eigenvalue weighted by Crippen LogP contribution is 2.36. The Balaban J connectivity index is 1.93. The maximum Gasteiger partial charge on any atom is 0.243 e. The fourth-order valence-corrected chi connectivity index (χ4v) is 4.94. The molecule has 3 rings (SSSR count). The number of benzene rings is 1. The molecule has 1 heterocycles. The van der Waals surface area contributed by atoms with Crippen LogP contribution in [0.25, 0.3) is 0 Å². The molecule has 20 heavy (non-hydrogen) atoms. The van der Waals surface area contributed by atoms with Crippen LogP contribution in [-0.2, 0) is 14.8 Å². The molecule has 1 aromatic rings. The highest BCUT2D eigenvalue weighted by molar-refractivity contribution is 7.89. The van der Waals surface area contributed by atoms with Gasteiger partial charge in [0.1, 0.15) is 0 Å². The van der Waals surface area contributed by atoms with Crippen LogP contribution in [0.5, 0.6) is 0 Å². The third-order valence-electron chi connectivity index (χ3n) is 3.83. The van der Waals surface area contributed by atoms with Crippen LogP contribution in [0.2, 0.25) is 5.02 Å². The first-order valence-corrected chi connectivity index (χ1v) is 8.78. The lowest BCUT2D eigenvalue weighted by atomic mass is 10.1. The van der Waals surface area contributed by atoms with E-state index in [1.807, 2.05) is 0 Å². The summed E-state index contributed by atoms with van der Waals surface area (Å²) in [6, 6.07) is 6.74. The van der Waals surface area contributed by atoms with Crippen molar-refractivity contribution >= 4 is 21.6 Å². The SMILES string of the molecule is O=S(=O)(c1cccc(Cl)c1)N(C1CCOCC1)C1CC1. The highest BCUT2D eigenvalue weighted by Gasteiger charge is 2.42. The quantitative estimate of drug-likeness (QED) is 0.858. The Morgan fingerprint density at radius 3 is 2.35 bits per heavy atom. The molecule has 2 fully saturated rings. The normalized spacial score (nSPS) is 21.3. The first kappa shape index (κ1) is 14.3. The zero-order chi connectivity index (χ0) is 14.2. The summed E-state index contributed by atoms with van der Waals surface area (Å²) >= 11 is 5.93. The monoisotopic (exact) mass is 315 g/mol. The third kappa shape index (κ3) is 2.86. The molecule has 1 saturated carbocycles. The number of rotatable bonds is 4. The van der Waals surface area contributed by atoms with E-state index in [0.717, 1.165) is 25.7 Å². The maximum atomic E-state index is 12.9. The minimum absolute atomic E-state index is 0.0558. The lowest BCUT2D eigenvalue weighted by Crippen LogP contribution is -2.44. The zero-order valence-corrected chi connectivity index (χ0v) is 12.7. The molecular formula is C14H18ClNO3S. The standard InChI is InChI=1S/C14H18ClNO3S/c15-11-2-1-3-14(10-11)20(17,18)16(12-4-5-12)13-6-8-19-9-7-13/h1-3,10,12-13H,4-9H2. The van der Waals surface area contributed by atoms with Gasteiger partial charge < -0.3 is 4.74 Å². The number of halogens is 1. The molecule has 0 unspecified atom stereocenters. The van der Waals surface area contributed by atoms with Crippen molar-refractivity contribution in [3.63, 3.8) is 0 Å². The van der Waals surface area contributed by atoms with Gasteiger partial charge in [-0.05, 0) is 43.9 Å². The van der Waals surface area contributed by atoms with E-state index in [0.29, 0.717) is 23.1 Å². The molecular weight excluding hydrogens is 298 g/mol. The first-order chi connectivity index (χ1) is 9.59. The van der Waals surface area contributed by atoms with E-state index in [-0.39, 0.29) is 12.1 Å². The Bertz CT molecular complexity index is 580. The molecule has 0 amide bonds. The number of nitrogens with zero attached hydrogens (tertiary/aromatic N) is 1. The fourth-order valence-electron chi connectivity index (χ4n) is 2.71. The second kappa shape index (κ2) is 5.64. The van der Waals surface area contributed by atoms with Gasteiger partial charge in [0.15, 0.2) is 0 Å². The summed E-state index contributed by atoms with van der Waals surface area (Å²) in [6.07, 6.45) is 3.46. The summed E-state index contributed by atoms with van der Waals surface area (Å²) in [5, 5.41) is 0.453. The number of hydrogen-bond acceptors (Lipinski definition) is 3. The maximum absolute atomic E-state index is 12.9. The molecule has 1 aromatic carbocycles. The van der Waals surface area contributed by atoms with Gasteiger partial charge in [-0.3, -0.25) is 0 Å². The predicted molar refractivity (Wildman–Crippen MR) is 77.3 cm³/mol. The summed E-state index contributed by atoms with van der Waals surface area (Å²) < 4.78 is 32.8. The molecule has 1 aliphatic carbocycles. The summed E-state index contributed by atoms with van der Waals surface area (Å²) in [5.41, 5.74) is 0. The van der Waals surface area contributed by atoms with Crippen LogP contribution >= 0.6 is 11.6 Å². The Hall–Kier alpha value is -0.620. The predicted octanol–water partition coefficient (Wildman–Crippen LogP) is 2.67. The Labute approximate surface area is 124 Å². The van der Waals surface area contributed by atoms with Crippen molar-refractivity contribution in [1.82, 2.24) is 4.31 Å². The van der Waals surface area contributed by atoms with Gasteiger partial charge in [0.05, 0.1) is 4.90 Å². The van der Waals surface area contributed by atoms with Crippen molar-refractivity contribution in [2.75, 3.05) is 13.2 Å². The van der Waals surface area contributed by atoms with Crippen LogP contribution < -0.4 is 0 Å². The summed E-state index contributed by atoms with van der Waals surface area (Å²) in [4.78, 5) is 0.295. The molecule has 6 heteroatoms. The molecule has 2 aliphatic rings. The molecule has 1 aliphatic heterocycles. The highest BCUT2D eigenvalue weighted by atomic mass is 35.5. The molecule has 1 saturated heterocycles. The number of ether oxygens (including phenoxy) is 1. The van der Waals surface area contributed by atoms with Crippen LogP contribution in [0, 0.1) is 0 Å². The van der Waals surface area contributed by atoms with Crippen LogP contribution in [0.15, 0.2) is 29.2 Å². The molecule has 0 N–H and O–H groups in total. The Morgan fingerprint density at radius 1 is 1.10 bits per heavy atom. The van der Waals surface area contributed by atoms with Crippen molar-refractivity contribution in [2.24, 2.45) is 0 Å². The van der Waals surface area contributed by atoms with Gasteiger partial charge >= 0.3 is 0 Å². The zero-order valence-electron chi connectivity index (χ0n) is 11.2. The molecule has 0 radical (unpaired) electrons. The molecule has 0 bridgehead atoms. The van der Waals surface area contributed by atoms with Gasteiger partial charge in [0.25, 0.3) is 0 Å². The molecule has 0 atom stereocenters. The van der Waals surface area contributed by atoms with E-state index in [4.69, 9.17) is 16.3 Å². The number of hydrogen-bond donors (Lipinski definition) is 0. The fraction of sp³-hybridized carbons (Fsp3) is 0.571. The lowest BCUT2D eigenvalue weighted by molar-refractivity contribution is 0.0569. The van der Waals surface area contributed by atoms with Crippen LogP contribution in [0.1, 0.15) is 25.7 Å². The van der Waals surface area contributed by atoms with E-state index in [1.165, 1.54) is 6.07 Å². The minimum atomic E-state index is -3.47. The van der Waals surface area contributed by atoms with Crippen molar-refractivity contribution in [3.8, 4) is 0 Å². The average molecular weight is 316 g/mol. The van der Waals surface area contributed by atoms with E-state index >= 15 is 0 Å². The van der Waals surface area contributed by atoms with Gasteiger partial charge in [-0.15, -0.1) is 0 Å². The minimum Gasteiger partial charge on any atom is -0.381 e. The second-order valence-electron chi connectivity index (χ2n) is 5.37. The largest absolute Gasteiger partial charge is 0.381 e. The number of sulfonamides is 1. The Morgan fingerprint density at radius 2 is 1.75 bits per heavy atom. The van der Waals surface area contributed by atoms with Crippen LogP contribution in [-0.4, -0.2) is 38.0 Å². The first-order valence-electron chi connectivity index (χ1n) is 6.96. The molecule has 110 valence electrons. The van der Waals surface area contributed by atoms with Crippen LogP contribution in [0.4, 0.5) is 0 Å². The Kier molecular flexibility index (Phi) is 4.04. The van der Waals surface area contributed by atoms with E-state index in [1.54, 1.807) is 22.5 Å². The third-order valence-corrected chi connectivity index (χ3v) is 6.07. The molecule has 0 aromatic heterocycles. The van der Waals surface area contributed by atoms with Gasteiger partial charge in [0, 0.05) is 30.3 Å². The van der Waals surface area contributed by atoms with E-state index < -0.39 is 10.0 Å². The van der Waals surface area contributed by atoms with Crippen LogP contribution in [0.3, 0.4) is 0 Å². The van der Waals surface area contributed by atoms with Crippen molar-refractivity contribution in [3.05, 3.63) is 29.3 Å². The van der Waals surface area contributed by atoms with Crippen molar-refractivity contribution in [2.45, 2.75) is 42.7 Å². The lowest BCUT2D eigenvalue weighted by Gasteiger charge is -2.33. The smallest absolute Gasteiger partial charge is 0.243 e. The van der Waals surface area contributed by atoms with Crippen molar-refractivity contribution < 1.29 is 13.2 Å². The van der Waals surface area contributed by atoms with E-state index in [2.05, 4.69) is 0 Å². The van der Waals surface area contributed by atoms with Gasteiger partial charge in [-0.25, -0.2) is 8.42 Å². The van der Waals surface area contributed by atoms with Gasteiger partial charge in [0.2, 0.25) is 10.0 Å². The van der Waals surface area contributed by atoms with Gasteiger partial charge in [-0.2, -0.15) is 4.31 Å². The average Bonchev–Trinajstić information content (AvgIpc) is 3.24. The summed E-state index contributed by atoms with van der Waals surface area (Å²) in [5.74, 6) is 0. The molecule has 0 spiro atoms. The summed E-state index contributed by atoms with van der Waals surface area (Å²) in [7, 11) is -3.47. The van der Waals surface area contributed by atoms with E-state index in [9.17, 15) is 8.42 Å². The van der Waals surface area contributed by atoms with Gasteiger partial charge in [-0.1, -0.05) is 17.7 Å². The summed E-state index contributed by atoms with van der Waals surface area (Å²) in [6.45, 7) is 1.28. The second-order valence-corrected chi connectivity index (χ2v) is 7.65. The molecule has 4 nitrogen and oxygen atoms in total. The van der Waals surface area contributed by atoms with Crippen molar-refractivity contribution in [1.29, 1.82) is 0 Å².